The first-order valence-electron chi connectivity index (χ1n) is 10.6. The average Bonchev–Trinajstić information content (AvgIpc) is 3.12. The smallest absolute Gasteiger partial charge is 0.268 e. The molecule has 0 N–H and O–H groups in total. The normalized spacial score (nSPS) is 15.2. The lowest BCUT2D eigenvalue weighted by Crippen LogP contribution is -2.45. The van der Waals surface area contributed by atoms with Gasteiger partial charge in [-0.15, -0.1) is 0 Å². The van der Waals surface area contributed by atoms with E-state index < -0.39 is 10.0 Å². The van der Waals surface area contributed by atoms with Gasteiger partial charge in [0.1, 0.15) is 17.2 Å². The van der Waals surface area contributed by atoms with Crippen LogP contribution in [-0.2, 0) is 21.2 Å². The largest absolute Gasteiger partial charge is 0.495 e. The maximum absolute atomic E-state index is 13.9. The summed E-state index contributed by atoms with van der Waals surface area (Å²) in [6.45, 7) is 3.38. The van der Waals surface area contributed by atoms with Crippen LogP contribution >= 0.6 is 27.5 Å². The number of nitrogens with zero attached hydrogens (tertiary/aromatic N) is 2. The first-order valence-corrected chi connectivity index (χ1v) is 13.3. The monoisotopic (exact) mass is 562 g/mol. The predicted octanol–water partition coefficient (Wildman–Crippen LogP) is 5.59. The van der Waals surface area contributed by atoms with E-state index in [1.54, 1.807) is 54.3 Å². The molecule has 1 unspecified atom stereocenters. The third kappa shape index (κ3) is 4.67. The van der Waals surface area contributed by atoms with Crippen LogP contribution in [0.1, 0.15) is 18.1 Å². The van der Waals surface area contributed by atoms with E-state index in [2.05, 4.69) is 15.9 Å². The summed E-state index contributed by atoms with van der Waals surface area (Å²) in [6, 6.07) is 17.0. The van der Waals surface area contributed by atoms with Crippen LogP contribution < -0.4 is 13.9 Å². The van der Waals surface area contributed by atoms with Crippen LogP contribution in [0, 0.1) is 6.92 Å². The number of carbonyl (C=O) groups excluding carboxylic acids is 1. The third-order valence-electron chi connectivity index (χ3n) is 5.81. The summed E-state index contributed by atoms with van der Waals surface area (Å²) >= 11 is 9.52. The second-order valence-corrected chi connectivity index (χ2v) is 11.4. The van der Waals surface area contributed by atoms with Gasteiger partial charge >= 0.3 is 0 Å². The molecule has 0 radical (unpaired) electrons. The van der Waals surface area contributed by atoms with Crippen LogP contribution in [0.15, 0.2) is 70.0 Å². The van der Waals surface area contributed by atoms with Gasteiger partial charge in [-0.25, -0.2) is 8.42 Å². The van der Waals surface area contributed by atoms with Gasteiger partial charge in [0, 0.05) is 21.2 Å². The van der Waals surface area contributed by atoms with Crippen LogP contribution in [-0.4, -0.2) is 34.0 Å². The van der Waals surface area contributed by atoms with Crippen molar-refractivity contribution in [1.29, 1.82) is 0 Å². The number of rotatable bonds is 6. The zero-order chi connectivity index (χ0) is 24.6. The Morgan fingerprint density at radius 1 is 1.15 bits per heavy atom. The van der Waals surface area contributed by atoms with Gasteiger partial charge in [-0.05, 0) is 86.0 Å². The molecule has 1 atom stereocenters. The van der Waals surface area contributed by atoms with Crippen molar-refractivity contribution in [2.24, 2.45) is 0 Å². The van der Waals surface area contributed by atoms with Gasteiger partial charge < -0.3 is 9.64 Å². The molecule has 0 bridgehead atoms. The Labute approximate surface area is 213 Å². The van der Waals surface area contributed by atoms with Gasteiger partial charge in [0.05, 0.1) is 12.8 Å². The number of hydrogen-bond acceptors (Lipinski definition) is 4. The van der Waals surface area contributed by atoms with Crippen LogP contribution in [0.5, 0.6) is 5.75 Å². The van der Waals surface area contributed by atoms with Crippen molar-refractivity contribution in [3.63, 3.8) is 0 Å². The Kier molecular flexibility index (Phi) is 6.94. The van der Waals surface area contributed by atoms with E-state index in [0.717, 1.165) is 25.6 Å². The van der Waals surface area contributed by atoms with Gasteiger partial charge in [-0.3, -0.25) is 9.10 Å². The number of ether oxygens (including phenoxy) is 1. The molecule has 1 heterocycles. The van der Waals surface area contributed by atoms with Crippen molar-refractivity contribution in [1.82, 2.24) is 0 Å². The van der Waals surface area contributed by atoms with Crippen molar-refractivity contribution < 1.29 is 17.9 Å². The number of methoxy groups -OCH3 is 1. The molecule has 1 aliphatic heterocycles. The highest BCUT2D eigenvalue weighted by molar-refractivity contribution is 9.10. The van der Waals surface area contributed by atoms with Gasteiger partial charge in [-0.2, -0.15) is 0 Å². The predicted molar refractivity (Wildman–Crippen MR) is 139 cm³/mol. The van der Waals surface area contributed by atoms with Gasteiger partial charge in [0.2, 0.25) is 5.91 Å². The molecule has 0 aromatic heterocycles. The van der Waals surface area contributed by atoms with Crippen LogP contribution in [0.3, 0.4) is 0 Å². The Balaban J connectivity index is 1.77. The summed E-state index contributed by atoms with van der Waals surface area (Å²) < 4.78 is 35.2. The second kappa shape index (κ2) is 9.60. The molecule has 4 rings (SSSR count). The Bertz CT molecular complexity index is 1350. The Morgan fingerprint density at radius 2 is 1.85 bits per heavy atom. The SMILES string of the molecule is COc1ccc(C)cc1S(=O)(=O)N(CC(=O)N1c2ccc(Br)cc2CC1C)c1ccc(Cl)cc1. The number of aryl methyl sites for hydroxylation is 1. The number of hydrogen-bond donors (Lipinski definition) is 0. The van der Waals surface area contributed by atoms with E-state index in [9.17, 15) is 13.2 Å². The molecule has 34 heavy (non-hydrogen) atoms. The van der Waals surface area contributed by atoms with Crippen molar-refractivity contribution in [2.45, 2.75) is 31.2 Å². The molecule has 0 aliphatic carbocycles. The molecular weight excluding hydrogens is 540 g/mol. The molecule has 6 nitrogen and oxygen atoms in total. The van der Waals surface area contributed by atoms with Gasteiger partial charge in [0.25, 0.3) is 10.0 Å². The summed E-state index contributed by atoms with van der Waals surface area (Å²) in [5, 5.41) is 0.466. The van der Waals surface area contributed by atoms with Crippen molar-refractivity contribution in [3.05, 3.63) is 81.3 Å². The number of fused-ring (bicyclic) bond motifs is 1. The highest BCUT2D eigenvalue weighted by Crippen LogP contribution is 2.36. The quantitative estimate of drug-likeness (QED) is 0.392. The van der Waals surface area contributed by atoms with Crippen LogP contribution in [0.4, 0.5) is 11.4 Å². The standard InChI is InChI=1S/C25H24BrClN2O4S/c1-16-4-11-23(33-3)24(12-16)34(31,32)28(21-8-6-20(27)7-9-21)15-25(30)29-17(2)13-18-14-19(26)5-10-22(18)29/h4-12,14,17H,13,15H2,1-3H3. The van der Waals surface area contributed by atoms with Crippen LogP contribution in [0.2, 0.25) is 5.02 Å². The maximum Gasteiger partial charge on any atom is 0.268 e. The van der Waals surface area contributed by atoms with E-state index >= 15 is 0 Å². The Morgan fingerprint density at radius 3 is 2.53 bits per heavy atom. The molecule has 0 fully saturated rings. The summed E-state index contributed by atoms with van der Waals surface area (Å²) in [5.74, 6) is -0.111. The summed E-state index contributed by atoms with van der Waals surface area (Å²) in [4.78, 5) is 15.3. The zero-order valence-corrected chi connectivity index (χ0v) is 22.1. The molecule has 1 aliphatic rings. The third-order valence-corrected chi connectivity index (χ3v) is 8.35. The minimum absolute atomic E-state index is 0.00319. The van der Waals surface area contributed by atoms with E-state index in [1.807, 2.05) is 25.1 Å². The Hall–Kier alpha value is -2.55. The van der Waals surface area contributed by atoms with Crippen LogP contribution in [0.25, 0.3) is 0 Å². The first-order chi connectivity index (χ1) is 16.1. The summed E-state index contributed by atoms with van der Waals surface area (Å²) in [5.41, 5.74) is 2.93. The number of anilines is 2. The molecule has 0 saturated heterocycles. The minimum Gasteiger partial charge on any atom is -0.495 e. The highest BCUT2D eigenvalue weighted by Gasteiger charge is 2.36. The lowest BCUT2D eigenvalue weighted by atomic mass is 10.1. The number of carbonyl (C=O) groups is 1. The van der Waals surface area contributed by atoms with Crippen molar-refractivity contribution in [3.8, 4) is 5.75 Å². The molecule has 3 aromatic rings. The number of halogens is 2. The van der Waals surface area contributed by atoms with E-state index in [-0.39, 0.29) is 29.1 Å². The summed E-state index contributed by atoms with van der Waals surface area (Å²) in [6.07, 6.45) is 0.694. The molecule has 178 valence electrons. The topological polar surface area (TPSA) is 66.9 Å². The molecular formula is C25H24BrClN2O4S. The number of sulfonamides is 1. The fourth-order valence-electron chi connectivity index (χ4n) is 4.21. The fourth-order valence-corrected chi connectivity index (χ4v) is 6.40. The van der Waals surface area contributed by atoms with E-state index in [1.165, 1.54) is 7.11 Å². The molecule has 9 heteroatoms. The lowest BCUT2D eigenvalue weighted by molar-refractivity contribution is -0.117. The summed E-state index contributed by atoms with van der Waals surface area (Å²) in [7, 11) is -2.73. The molecule has 0 saturated carbocycles. The average molecular weight is 564 g/mol. The molecule has 0 spiro atoms. The van der Waals surface area contributed by atoms with Crippen molar-refractivity contribution >= 4 is 54.8 Å². The van der Waals surface area contributed by atoms with Crippen molar-refractivity contribution in [2.75, 3.05) is 22.9 Å². The first kappa shape index (κ1) is 24.6. The van der Waals surface area contributed by atoms with Gasteiger partial charge in [0.15, 0.2) is 0 Å². The van der Waals surface area contributed by atoms with Gasteiger partial charge in [-0.1, -0.05) is 33.6 Å². The van der Waals surface area contributed by atoms with E-state index in [0.29, 0.717) is 17.1 Å². The zero-order valence-electron chi connectivity index (χ0n) is 19.0. The number of benzene rings is 3. The fraction of sp³-hybridized carbons (Fsp3) is 0.240. The number of amides is 1. The van der Waals surface area contributed by atoms with E-state index in [4.69, 9.17) is 16.3 Å². The highest BCUT2D eigenvalue weighted by atomic mass is 79.9. The maximum atomic E-state index is 13.9. The molecule has 3 aromatic carbocycles. The second-order valence-electron chi connectivity index (χ2n) is 8.23. The lowest BCUT2D eigenvalue weighted by Gasteiger charge is -2.29. The molecule has 1 amide bonds. The minimum atomic E-state index is -4.15.